The molecule has 1 saturated heterocycles. The van der Waals surface area contributed by atoms with Gasteiger partial charge in [-0.15, -0.1) is 0 Å². The maximum Gasteiger partial charge on any atom is 0.227 e. The SMILES string of the molecule is CN(Cc1cc(-c2ccccc2)n[nH]1)C[C@H]1CC(=O)N(c2ccccc2)C1. The molecule has 1 N–H and O–H groups in total. The number of H-pyrrole nitrogens is 1. The van der Waals surface area contributed by atoms with Gasteiger partial charge in [0.1, 0.15) is 0 Å². The Bertz CT molecular complexity index is 891. The minimum absolute atomic E-state index is 0.215. The zero-order chi connectivity index (χ0) is 18.6. The zero-order valence-electron chi connectivity index (χ0n) is 15.5. The molecular weight excluding hydrogens is 336 g/mol. The fraction of sp³-hybridized carbons (Fsp3) is 0.273. The predicted octanol–water partition coefficient (Wildman–Crippen LogP) is 3.56. The zero-order valence-corrected chi connectivity index (χ0v) is 15.5. The number of nitrogens with one attached hydrogen (secondary N) is 1. The lowest BCUT2D eigenvalue weighted by Gasteiger charge is -2.21. The number of aromatic nitrogens is 2. The summed E-state index contributed by atoms with van der Waals surface area (Å²) in [5, 5.41) is 7.56. The van der Waals surface area contributed by atoms with Gasteiger partial charge in [-0.05, 0) is 31.2 Å². The second kappa shape index (κ2) is 7.76. The van der Waals surface area contributed by atoms with Crippen molar-refractivity contribution >= 4 is 11.6 Å². The van der Waals surface area contributed by atoms with E-state index < -0.39 is 0 Å². The fourth-order valence-electron chi connectivity index (χ4n) is 3.76. The van der Waals surface area contributed by atoms with Crippen LogP contribution in [0.1, 0.15) is 12.1 Å². The van der Waals surface area contributed by atoms with Crippen LogP contribution in [0.5, 0.6) is 0 Å². The van der Waals surface area contributed by atoms with Gasteiger partial charge in [0.2, 0.25) is 5.91 Å². The van der Waals surface area contributed by atoms with Crippen LogP contribution in [0.15, 0.2) is 66.7 Å². The van der Waals surface area contributed by atoms with Gasteiger partial charge in [-0.2, -0.15) is 5.10 Å². The van der Waals surface area contributed by atoms with Gasteiger partial charge < -0.3 is 9.80 Å². The molecule has 1 atom stereocenters. The number of rotatable bonds is 6. The highest BCUT2D eigenvalue weighted by molar-refractivity contribution is 5.95. The molecule has 1 aromatic heterocycles. The Hall–Kier alpha value is -2.92. The summed E-state index contributed by atoms with van der Waals surface area (Å²) in [4.78, 5) is 16.5. The van der Waals surface area contributed by atoms with Crippen molar-refractivity contribution < 1.29 is 4.79 Å². The summed E-state index contributed by atoms with van der Waals surface area (Å²) in [6.45, 7) is 2.45. The van der Waals surface area contributed by atoms with Crippen LogP contribution >= 0.6 is 0 Å². The molecule has 5 nitrogen and oxygen atoms in total. The third kappa shape index (κ3) is 4.09. The molecule has 0 saturated carbocycles. The van der Waals surface area contributed by atoms with Crippen LogP contribution in [0.4, 0.5) is 5.69 Å². The van der Waals surface area contributed by atoms with Gasteiger partial charge in [0.05, 0.1) is 5.69 Å². The summed E-state index contributed by atoms with van der Waals surface area (Å²) in [5.74, 6) is 0.562. The number of hydrogen-bond acceptors (Lipinski definition) is 3. The van der Waals surface area contributed by atoms with E-state index >= 15 is 0 Å². The molecule has 3 aromatic rings. The Morgan fingerprint density at radius 2 is 1.81 bits per heavy atom. The van der Waals surface area contributed by atoms with Crippen molar-refractivity contribution in [3.8, 4) is 11.3 Å². The Balaban J connectivity index is 1.34. The van der Waals surface area contributed by atoms with Crippen LogP contribution < -0.4 is 4.90 Å². The van der Waals surface area contributed by atoms with Crippen LogP contribution in [0.3, 0.4) is 0 Å². The van der Waals surface area contributed by atoms with Gasteiger partial charge in [0, 0.05) is 43.0 Å². The number of nitrogens with zero attached hydrogens (tertiary/aromatic N) is 3. The van der Waals surface area contributed by atoms with E-state index in [4.69, 9.17) is 0 Å². The van der Waals surface area contributed by atoms with E-state index in [1.807, 2.05) is 53.4 Å². The van der Waals surface area contributed by atoms with Gasteiger partial charge in [0.15, 0.2) is 0 Å². The van der Waals surface area contributed by atoms with E-state index in [0.717, 1.165) is 42.3 Å². The largest absolute Gasteiger partial charge is 0.312 e. The molecule has 2 heterocycles. The molecule has 1 aliphatic rings. The first-order valence-electron chi connectivity index (χ1n) is 9.33. The molecule has 5 heteroatoms. The number of carbonyl (C=O) groups is 1. The number of aromatic amines is 1. The van der Waals surface area contributed by atoms with Crippen LogP contribution in [-0.2, 0) is 11.3 Å². The van der Waals surface area contributed by atoms with E-state index in [2.05, 4.69) is 40.3 Å². The van der Waals surface area contributed by atoms with Crippen molar-refractivity contribution in [2.24, 2.45) is 5.92 Å². The van der Waals surface area contributed by atoms with Gasteiger partial charge in [-0.1, -0.05) is 48.5 Å². The van der Waals surface area contributed by atoms with Crippen molar-refractivity contribution in [3.63, 3.8) is 0 Å². The molecule has 4 rings (SSSR count). The first-order valence-corrected chi connectivity index (χ1v) is 9.33. The lowest BCUT2D eigenvalue weighted by Crippen LogP contribution is -2.28. The first-order chi connectivity index (χ1) is 13.2. The van der Waals surface area contributed by atoms with E-state index in [1.165, 1.54) is 0 Å². The van der Waals surface area contributed by atoms with Crippen LogP contribution in [0.2, 0.25) is 0 Å². The monoisotopic (exact) mass is 360 g/mol. The van der Waals surface area contributed by atoms with Crippen molar-refractivity contribution in [1.82, 2.24) is 15.1 Å². The first kappa shape index (κ1) is 17.5. The van der Waals surface area contributed by atoms with Gasteiger partial charge >= 0.3 is 0 Å². The van der Waals surface area contributed by atoms with E-state index in [-0.39, 0.29) is 5.91 Å². The molecule has 0 bridgehead atoms. The molecule has 0 unspecified atom stereocenters. The van der Waals surface area contributed by atoms with Gasteiger partial charge in [-0.25, -0.2) is 0 Å². The second-order valence-corrected chi connectivity index (χ2v) is 7.25. The van der Waals surface area contributed by atoms with Crippen molar-refractivity contribution in [3.05, 3.63) is 72.4 Å². The summed E-state index contributed by atoms with van der Waals surface area (Å²) in [6, 6.07) is 22.2. The maximum atomic E-state index is 12.4. The lowest BCUT2D eigenvalue weighted by molar-refractivity contribution is -0.117. The van der Waals surface area contributed by atoms with Gasteiger partial charge in [0.25, 0.3) is 0 Å². The molecule has 27 heavy (non-hydrogen) atoms. The second-order valence-electron chi connectivity index (χ2n) is 7.25. The number of hydrogen-bond donors (Lipinski definition) is 1. The minimum Gasteiger partial charge on any atom is -0.312 e. The normalized spacial score (nSPS) is 17.0. The van der Waals surface area contributed by atoms with E-state index in [9.17, 15) is 4.79 Å². The molecule has 0 aliphatic carbocycles. The summed E-state index contributed by atoms with van der Waals surface area (Å²) in [6.07, 6.45) is 0.609. The van der Waals surface area contributed by atoms with Crippen LogP contribution in [0, 0.1) is 5.92 Å². The number of amides is 1. The number of para-hydroxylation sites is 1. The Morgan fingerprint density at radius 3 is 2.56 bits per heavy atom. The maximum absolute atomic E-state index is 12.4. The Kier molecular flexibility index (Phi) is 5.03. The number of benzene rings is 2. The average molecular weight is 360 g/mol. The molecule has 138 valence electrons. The number of anilines is 1. The summed E-state index contributed by atoms with van der Waals surface area (Å²) in [5.41, 5.74) is 4.15. The molecule has 1 fully saturated rings. The molecule has 1 aliphatic heterocycles. The molecule has 0 spiro atoms. The quantitative estimate of drug-likeness (QED) is 0.731. The highest BCUT2D eigenvalue weighted by Gasteiger charge is 2.31. The molecule has 1 amide bonds. The van der Waals surface area contributed by atoms with E-state index in [0.29, 0.717) is 12.3 Å². The summed E-state index contributed by atoms with van der Waals surface area (Å²) < 4.78 is 0. The average Bonchev–Trinajstić information content (AvgIpc) is 3.29. The summed E-state index contributed by atoms with van der Waals surface area (Å²) >= 11 is 0. The van der Waals surface area contributed by atoms with Crippen LogP contribution in [0.25, 0.3) is 11.3 Å². The predicted molar refractivity (Wildman–Crippen MR) is 107 cm³/mol. The van der Waals surface area contributed by atoms with Gasteiger partial charge in [-0.3, -0.25) is 9.89 Å². The van der Waals surface area contributed by atoms with Crippen LogP contribution in [-0.4, -0.2) is 41.1 Å². The highest BCUT2D eigenvalue weighted by Crippen LogP contribution is 2.25. The lowest BCUT2D eigenvalue weighted by atomic mass is 10.1. The fourth-order valence-corrected chi connectivity index (χ4v) is 3.76. The minimum atomic E-state index is 0.215. The molecule has 2 aromatic carbocycles. The topological polar surface area (TPSA) is 52.2 Å². The van der Waals surface area contributed by atoms with Crippen molar-refractivity contribution in [2.45, 2.75) is 13.0 Å². The molecular formula is C22H24N4O. The number of carbonyl (C=O) groups excluding carboxylic acids is 1. The third-order valence-corrected chi connectivity index (χ3v) is 4.98. The van der Waals surface area contributed by atoms with Crippen molar-refractivity contribution in [2.75, 3.05) is 25.0 Å². The Morgan fingerprint density at radius 1 is 1.11 bits per heavy atom. The van der Waals surface area contributed by atoms with E-state index in [1.54, 1.807) is 0 Å². The standard InChI is InChI=1S/C22H24N4O/c1-25(16-19-13-21(24-23-19)18-8-4-2-5-9-18)14-17-12-22(27)26(15-17)20-10-6-3-7-11-20/h2-11,13,17H,12,14-16H2,1H3,(H,23,24)/t17-/m1/s1. The third-order valence-electron chi connectivity index (χ3n) is 4.98. The summed E-state index contributed by atoms with van der Waals surface area (Å²) in [7, 11) is 2.10. The van der Waals surface area contributed by atoms with Crippen molar-refractivity contribution in [1.29, 1.82) is 0 Å². The Labute approximate surface area is 159 Å². The smallest absolute Gasteiger partial charge is 0.227 e. The molecule has 0 radical (unpaired) electrons. The highest BCUT2D eigenvalue weighted by atomic mass is 16.2.